The van der Waals surface area contributed by atoms with Crippen LogP contribution in [0.4, 0.5) is 5.69 Å². The highest BCUT2D eigenvalue weighted by atomic mass is 32.1. The Hall–Kier alpha value is -3.45. The van der Waals surface area contributed by atoms with E-state index in [1.807, 2.05) is 29.6 Å². The van der Waals surface area contributed by atoms with Crippen LogP contribution >= 0.6 is 11.3 Å². The number of esters is 1. The maximum atomic E-state index is 13.4. The number of thiophene rings is 1. The minimum atomic E-state index is -0.567. The largest absolute Gasteiger partial charge is 0.465 e. The highest BCUT2D eigenvalue weighted by Gasteiger charge is 2.43. The highest BCUT2D eigenvalue weighted by Crippen LogP contribution is 2.43. The van der Waals surface area contributed by atoms with Crippen LogP contribution < -0.4 is 5.32 Å². The third-order valence-corrected chi connectivity index (χ3v) is 6.21. The molecule has 1 aromatic heterocycles. The summed E-state index contributed by atoms with van der Waals surface area (Å²) in [5.41, 5.74) is 2.21. The number of fused-ring (bicyclic) bond motifs is 1. The minimum Gasteiger partial charge on any atom is -0.465 e. The van der Waals surface area contributed by atoms with Gasteiger partial charge in [-0.3, -0.25) is 9.59 Å². The van der Waals surface area contributed by atoms with Crippen molar-refractivity contribution in [2.75, 3.05) is 19.5 Å². The van der Waals surface area contributed by atoms with Gasteiger partial charge in [0, 0.05) is 23.2 Å². The Bertz CT molecular complexity index is 1090. The molecule has 0 unspecified atom stereocenters. The molecule has 0 saturated carbocycles. The average Bonchev–Trinajstić information content (AvgIpc) is 3.30. The summed E-state index contributed by atoms with van der Waals surface area (Å²) < 4.78 is 4.71. The lowest BCUT2D eigenvalue weighted by Gasteiger charge is -2.39. The lowest BCUT2D eigenvalue weighted by atomic mass is 9.81. The summed E-state index contributed by atoms with van der Waals surface area (Å²) >= 11 is 1.52. The SMILES string of the molecule is COC(=O)c1ccc(NC(=O)[C@@H]2c3ccccc3C(=O)N(C)[C@H]2c2cccs2)cc1. The molecule has 6 nitrogen and oxygen atoms in total. The van der Waals surface area contributed by atoms with E-state index < -0.39 is 17.9 Å². The van der Waals surface area contributed by atoms with Crippen molar-refractivity contribution in [3.63, 3.8) is 0 Å². The van der Waals surface area contributed by atoms with Crippen molar-refractivity contribution in [2.45, 2.75) is 12.0 Å². The van der Waals surface area contributed by atoms with Gasteiger partial charge in [0.15, 0.2) is 0 Å². The van der Waals surface area contributed by atoms with Crippen LogP contribution in [0, 0.1) is 0 Å². The predicted octanol–water partition coefficient (Wildman–Crippen LogP) is 4.08. The Labute approximate surface area is 178 Å². The normalized spacial score (nSPS) is 17.9. The molecule has 0 radical (unpaired) electrons. The second-order valence-electron chi connectivity index (χ2n) is 7.00. The van der Waals surface area contributed by atoms with Gasteiger partial charge in [-0.2, -0.15) is 0 Å². The first-order valence-corrected chi connectivity index (χ1v) is 10.3. The quantitative estimate of drug-likeness (QED) is 0.645. The van der Waals surface area contributed by atoms with Crippen molar-refractivity contribution in [1.82, 2.24) is 4.90 Å². The second-order valence-corrected chi connectivity index (χ2v) is 7.98. The second kappa shape index (κ2) is 8.12. The first-order chi connectivity index (χ1) is 14.5. The molecule has 7 heteroatoms. The number of amides is 2. The zero-order valence-electron chi connectivity index (χ0n) is 16.5. The molecular formula is C23H20N2O4S. The monoisotopic (exact) mass is 420 g/mol. The third kappa shape index (κ3) is 3.48. The van der Waals surface area contributed by atoms with E-state index in [2.05, 4.69) is 5.32 Å². The fraction of sp³-hybridized carbons (Fsp3) is 0.174. The van der Waals surface area contributed by atoms with E-state index in [4.69, 9.17) is 4.74 Å². The van der Waals surface area contributed by atoms with E-state index in [9.17, 15) is 14.4 Å². The van der Waals surface area contributed by atoms with Gasteiger partial charge < -0.3 is 15.0 Å². The summed E-state index contributed by atoms with van der Waals surface area (Å²) in [6, 6.07) is 17.2. The summed E-state index contributed by atoms with van der Waals surface area (Å²) in [4.78, 5) is 40.6. The van der Waals surface area contributed by atoms with Gasteiger partial charge in [0.2, 0.25) is 5.91 Å². The molecule has 152 valence electrons. The Kier molecular flexibility index (Phi) is 5.37. The van der Waals surface area contributed by atoms with Crippen molar-refractivity contribution in [1.29, 1.82) is 0 Å². The standard InChI is InChI=1S/C23H20N2O4S/c1-25-20(18-8-5-13-30-18)19(16-6-3-4-7-17(16)22(25)27)21(26)24-15-11-9-14(10-12-15)23(28)29-2/h3-13,19-20H,1-2H3,(H,24,26)/t19-,20+/m1/s1. The van der Waals surface area contributed by atoms with E-state index in [0.29, 0.717) is 22.4 Å². The van der Waals surface area contributed by atoms with Crippen molar-refractivity contribution >= 4 is 34.8 Å². The van der Waals surface area contributed by atoms with Crippen molar-refractivity contribution in [3.8, 4) is 0 Å². The van der Waals surface area contributed by atoms with Gasteiger partial charge in [0.05, 0.1) is 24.6 Å². The molecule has 1 aliphatic rings. The first kappa shape index (κ1) is 19.8. The molecule has 30 heavy (non-hydrogen) atoms. The number of hydrogen-bond donors (Lipinski definition) is 1. The molecule has 0 fully saturated rings. The van der Waals surface area contributed by atoms with Crippen LogP contribution in [0.25, 0.3) is 0 Å². The number of carbonyl (C=O) groups is 3. The van der Waals surface area contributed by atoms with Crippen molar-refractivity contribution in [3.05, 3.63) is 87.6 Å². The molecule has 2 amide bonds. The van der Waals surface area contributed by atoms with Crippen LogP contribution in [0.2, 0.25) is 0 Å². The molecule has 1 N–H and O–H groups in total. The molecule has 0 aliphatic carbocycles. The number of nitrogens with zero attached hydrogens (tertiary/aromatic N) is 1. The number of benzene rings is 2. The van der Waals surface area contributed by atoms with Gasteiger partial charge in [-0.05, 0) is 47.3 Å². The van der Waals surface area contributed by atoms with Gasteiger partial charge >= 0.3 is 5.97 Å². The molecule has 4 rings (SSSR count). The number of nitrogens with one attached hydrogen (secondary N) is 1. The summed E-state index contributed by atoms with van der Waals surface area (Å²) in [5.74, 6) is -1.32. The number of likely N-dealkylation sites (N-methyl/N-ethyl adjacent to an activating group) is 1. The van der Waals surface area contributed by atoms with Crippen molar-refractivity contribution in [2.24, 2.45) is 0 Å². The van der Waals surface area contributed by atoms with Crippen LogP contribution in [0.5, 0.6) is 0 Å². The first-order valence-electron chi connectivity index (χ1n) is 9.40. The van der Waals surface area contributed by atoms with Crippen LogP contribution in [0.15, 0.2) is 66.0 Å². The Morgan fingerprint density at radius 2 is 1.77 bits per heavy atom. The zero-order chi connectivity index (χ0) is 21.3. The minimum absolute atomic E-state index is 0.101. The smallest absolute Gasteiger partial charge is 0.337 e. The fourth-order valence-electron chi connectivity index (χ4n) is 3.80. The molecule has 2 atom stereocenters. The lowest BCUT2D eigenvalue weighted by molar-refractivity contribution is -0.119. The molecule has 2 aromatic carbocycles. The summed E-state index contributed by atoms with van der Waals surface area (Å²) in [7, 11) is 3.05. The maximum absolute atomic E-state index is 13.4. The summed E-state index contributed by atoms with van der Waals surface area (Å²) in [6.45, 7) is 0. The molecule has 2 heterocycles. The number of anilines is 1. The molecular weight excluding hydrogens is 400 g/mol. The summed E-state index contributed by atoms with van der Waals surface area (Å²) in [5, 5.41) is 4.88. The van der Waals surface area contributed by atoms with E-state index >= 15 is 0 Å². The third-order valence-electron chi connectivity index (χ3n) is 5.27. The number of hydrogen-bond acceptors (Lipinski definition) is 5. The number of ether oxygens (including phenoxy) is 1. The molecule has 3 aromatic rings. The lowest BCUT2D eigenvalue weighted by Crippen LogP contribution is -2.43. The molecule has 0 spiro atoms. The van der Waals surface area contributed by atoms with Gasteiger partial charge in [0.25, 0.3) is 5.91 Å². The Morgan fingerprint density at radius 1 is 1.03 bits per heavy atom. The van der Waals surface area contributed by atoms with Gasteiger partial charge in [-0.25, -0.2) is 4.79 Å². The molecule has 0 saturated heterocycles. The van der Waals surface area contributed by atoms with Crippen LogP contribution in [-0.2, 0) is 9.53 Å². The van der Waals surface area contributed by atoms with Crippen LogP contribution in [0.1, 0.15) is 43.1 Å². The predicted molar refractivity (Wildman–Crippen MR) is 115 cm³/mol. The van der Waals surface area contributed by atoms with E-state index in [-0.39, 0.29) is 11.8 Å². The van der Waals surface area contributed by atoms with E-state index in [1.165, 1.54) is 18.4 Å². The van der Waals surface area contributed by atoms with Gasteiger partial charge in [-0.1, -0.05) is 24.3 Å². The van der Waals surface area contributed by atoms with Gasteiger partial charge in [-0.15, -0.1) is 11.3 Å². The van der Waals surface area contributed by atoms with Crippen LogP contribution in [0.3, 0.4) is 0 Å². The molecule has 0 bridgehead atoms. The molecule has 1 aliphatic heterocycles. The zero-order valence-corrected chi connectivity index (χ0v) is 17.3. The fourth-order valence-corrected chi connectivity index (χ4v) is 4.70. The summed E-state index contributed by atoms with van der Waals surface area (Å²) in [6.07, 6.45) is 0. The Balaban J connectivity index is 1.70. The average molecular weight is 420 g/mol. The number of methoxy groups -OCH3 is 1. The Morgan fingerprint density at radius 3 is 2.43 bits per heavy atom. The van der Waals surface area contributed by atoms with Crippen LogP contribution in [-0.4, -0.2) is 36.8 Å². The van der Waals surface area contributed by atoms with Crippen molar-refractivity contribution < 1.29 is 19.1 Å². The maximum Gasteiger partial charge on any atom is 0.337 e. The number of carbonyl (C=O) groups excluding carboxylic acids is 3. The number of rotatable bonds is 4. The topological polar surface area (TPSA) is 75.7 Å². The highest BCUT2D eigenvalue weighted by molar-refractivity contribution is 7.10. The van der Waals surface area contributed by atoms with Gasteiger partial charge in [0.1, 0.15) is 0 Å². The van der Waals surface area contributed by atoms with E-state index in [1.54, 1.807) is 48.3 Å². The van der Waals surface area contributed by atoms with E-state index in [0.717, 1.165) is 4.88 Å².